The average molecular weight is 155 g/mol. The van der Waals surface area contributed by atoms with Crippen LogP contribution in [0.1, 0.15) is 6.42 Å². The van der Waals surface area contributed by atoms with Crippen molar-refractivity contribution in [2.75, 3.05) is 13.1 Å². The van der Waals surface area contributed by atoms with E-state index in [2.05, 4.69) is 0 Å². The first-order valence-electron chi connectivity index (χ1n) is 3.69. The molecule has 4 nitrogen and oxygen atoms in total. The highest BCUT2D eigenvalue weighted by molar-refractivity contribution is 5.89. The molecule has 1 N–H and O–H groups in total. The highest BCUT2D eigenvalue weighted by Crippen LogP contribution is 2.37. The van der Waals surface area contributed by atoms with Crippen LogP contribution in [0.3, 0.4) is 0 Å². The van der Waals surface area contributed by atoms with Gasteiger partial charge in [-0.2, -0.15) is 0 Å². The van der Waals surface area contributed by atoms with E-state index in [9.17, 15) is 9.59 Å². The van der Waals surface area contributed by atoms with E-state index in [1.807, 2.05) is 0 Å². The SMILES string of the molecule is O=C1C[C@H]2CN(C(=O)O)C[C@@H]12. The smallest absolute Gasteiger partial charge is 0.407 e. The van der Waals surface area contributed by atoms with Crippen LogP contribution in [0.15, 0.2) is 0 Å². The zero-order valence-electron chi connectivity index (χ0n) is 5.99. The van der Waals surface area contributed by atoms with Crippen molar-refractivity contribution in [1.29, 1.82) is 0 Å². The number of carbonyl (C=O) groups is 2. The standard InChI is InChI=1S/C7H9NO3/c9-6-1-4-2-8(7(10)11)3-5(4)6/h4-5H,1-3H2,(H,10,11)/t4-,5+/m0/s1. The minimum Gasteiger partial charge on any atom is -0.465 e. The third-order valence-electron chi connectivity index (χ3n) is 2.59. The predicted octanol–water partition coefficient (Wildman–Crippen LogP) is 0.185. The summed E-state index contributed by atoms with van der Waals surface area (Å²) in [6.07, 6.45) is -0.304. The van der Waals surface area contributed by atoms with E-state index in [0.717, 1.165) is 0 Å². The average Bonchev–Trinajstić information content (AvgIpc) is 2.26. The molecule has 11 heavy (non-hydrogen) atoms. The molecule has 0 radical (unpaired) electrons. The molecule has 1 saturated carbocycles. The highest BCUT2D eigenvalue weighted by Gasteiger charge is 2.47. The molecule has 4 heteroatoms. The predicted molar refractivity (Wildman–Crippen MR) is 36.2 cm³/mol. The molecule has 1 heterocycles. The van der Waals surface area contributed by atoms with Crippen LogP contribution in [0, 0.1) is 11.8 Å². The molecule has 0 aromatic rings. The maximum atomic E-state index is 10.9. The molecule has 60 valence electrons. The summed E-state index contributed by atoms with van der Waals surface area (Å²) in [6.45, 7) is 0.991. The van der Waals surface area contributed by atoms with Crippen molar-refractivity contribution in [3.05, 3.63) is 0 Å². The zero-order valence-corrected chi connectivity index (χ0v) is 5.99. The third-order valence-corrected chi connectivity index (χ3v) is 2.59. The second-order valence-electron chi connectivity index (χ2n) is 3.22. The summed E-state index contributed by atoms with van der Waals surface area (Å²) in [6, 6.07) is 0. The van der Waals surface area contributed by atoms with Crippen LogP contribution >= 0.6 is 0 Å². The topological polar surface area (TPSA) is 57.6 Å². The zero-order chi connectivity index (χ0) is 8.01. The molecule has 1 aliphatic carbocycles. The van der Waals surface area contributed by atoms with E-state index in [-0.39, 0.29) is 11.7 Å². The van der Waals surface area contributed by atoms with E-state index < -0.39 is 6.09 Å². The Bertz CT molecular complexity index is 226. The molecule has 2 rings (SSSR count). The van der Waals surface area contributed by atoms with Gasteiger partial charge in [0.15, 0.2) is 0 Å². The number of rotatable bonds is 0. The Morgan fingerprint density at radius 3 is 2.73 bits per heavy atom. The van der Waals surface area contributed by atoms with Gasteiger partial charge in [-0.25, -0.2) is 4.79 Å². The van der Waals surface area contributed by atoms with Gasteiger partial charge < -0.3 is 10.0 Å². The molecule has 0 aromatic carbocycles. The van der Waals surface area contributed by atoms with Gasteiger partial charge in [0, 0.05) is 25.4 Å². The molecule has 0 bridgehead atoms. The number of carbonyl (C=O) groups excluding carboxylic acids is 1. The molecule has 1 amide bonds. The first kappa shape index (κ1) is 6.64. The first-order valence-corrected chi connectivity index (χ1v) is 3.69. The number of carboxylic acid groups (broad SMARTS) is 1. The minimum absolute atomic E-state index is 0.0334. The first-order chi connectivity index (χ1) is 5.18. The second-order valence-corrected chi connectivity index (χ2v) is 3.22. The summed E-state index contributed by atoms with van der Waals surface area (Å²) in [5, 5.41) is 8.58. The molecule has 2 atom stereocenters. The third kappa shape index (κ3) is 0.818. The number of hydrogen-bond donors (Lipinski definition) is 1. The van der Waals surface area contributed by atoms with Gasteiger partial charge in [0.05, 0.1) is 0 Å². The van der Waals surface area contributed by atoms with Crippen molar-refractivity contribution in [2.45, 2.75) is 6.42 Å². The van der Waals surface area contributed by atoms with E-state index in [0.29, 0.717) is 25.4 Å². The summed E-state index contributed by atoms with van der Waals surface area (Å²) in [7, 11) is 0. The summed E-state index contributed by atoms with van der Waals surface area (Å²) in [4.78, 5) is 22.6. The highest BCUT2D eigenvalue weighted by atomic mass is 16.4. The van der Waals surface area contributed by atoms with Gasteiger partial charge in [-0.15, -0.1) is 0 Å². The summed E-state index contributed by atoms with van der Waals surface area (Å²) < 4.78 is 0. The van der Waals surface area contributed by atoms with Gasteiger partial charge in [-0.1, -0.05) is 0 Å². The van der Waals surface area contributed by atoms with Crippen LogP contribution in [0.25, 0.3) is 0 Å². The molecule has 0 spiro atoms. The van der Waals surface area contributed by atoms with Gasteiger partial charge in [0.25, 0.3) is 0 Å². The lowest BCUT2D eigenvalue weighted by Gasteiger charge is -2.25. The Balaban J connectivity index is 2.04. The van der Waals surface area contributed by atoms with Crippen molar-refractivity contribution >= 4 is 11.9 Å². The Morgan fingerprint density at radius 2 is 2.27 bits per heavy atom. The van der Waals surface area contributed by atoms with Crippen molar-refractivity contribution in [3.8, 4) is 0 Å². The second kappa shape index (κ2) is 1.96. The molecule has 1 aliphatic heterocycles. The maximum absolute atomic E-state index is 10.9. The number of fused-ring (bicyclic) bond motifs is 1. The molecule has 2 aliphatic rings. The number of amides is 1. The van der Waals surface area contributed by atoms with Crippen LogP contribution in [0.5, 0.6) is 0 Å². The number of ketones is 1. The molecule has 0 aromatic heterocycles. The fourth-order valence-electron chi connectivity index (χ4n) is 1.85. The van der Waals surface area contributed by atoms with Crippen molar-refractivity contribution < 1.29 is 14.7 Å². The minimum atomic E-state index is -0.896. The molecular formula is C7H9NO3. The van der Waals surface area contributed by atoms with E-state index >= 15 is 0 Å². The van der Waals surface area contributed by atoms with Crippen LogP contribution in [0.4, 0.5) is 4.79 Å². The number of hydrogen-bond acceptors (Lipinski definition) is 2. The largest absolute Gasteiger partial charge is 0.465 e. The summed E-state index contributed by atoms with van der Waals surface area (Å²) in [5.41, 5.74) is 0. The van der Waals surface area contributed by atoms with Crippen LogP contribution in [-0.2, 0) is 4.79 Å². The monoisotopic (exact) mass is 155 g/mol. The normalized spacial score (nSPS) is 34.9. The van der Waals surface area contributed by atoms with Gasteiger partial charge in [-0.05, 0) is 5.92 Å². The van der Waals surface area contributed by atoms with Gasteiger partial charge >= 0.3 is 6.09 Å². The molecular weight excluding hydrogens is 146 g/mol. The van der Waals surface area contributed by atoms with Crippen LogP contribution in [-0.4, -0.2) is 35.0 Å². The quantitative estimate of drug-likeness (QED) is 0.543. The lowest BCUT2D eigenvalue weighted by atomic mass is 9.75. The summed E-state index contributed by atoms with van der Waals surface area (Å²) in [5.74, 6) is 0.600. The van der Waals surface area contributed by atoms with Gasteiger partial charge in [0.1, 0.15) is 5.78 Å². The maximum Gasteiger partial charge on any atom is 0.407 e. The van der Waals surface area contributed by atoms with Gasteiger partial charge in [0.2, 0.25) is 0 Å². The van der Waals surface area contributed by atoms with E-state index in [4.69, 9.17) is 5.11 Å². The van der Waals surface area contributed by atoms with E-state index in [1.165, 1.54) is 4.90 Å². The number of Topliss-reactive ketones (excluding diaryl/α,β-unsaturated/α-hetero) is 1. The molecule has 2 fully saturated rings. The molecule has 0 unspecified atom stereocenters. The van der Waals surface area contributed by atoms with Crippen molar-refractivity contribution in [1.82, 2.24) is 4.90 Å². The van der Waals surface area contributed by atoms with Crippen molar-refractivity contribution in [2.24, 2.45) is 11.8 Å². The van der Waals surface area contributed by atoms with Crippen molar-refractivity contribution in [3.63, 3.8) is 0 Å². The number of nitrogens with zero attached hydrogens (tertiary/aromatic N) is 1. The fourth-order valence-corrected chi connectivity index (χ4v) is 1.85. The molecule has 1 saturated heterocycles. The fraction of sp³-hybridized carbons (Fsp3) is 0.714. The van der Waals surface area contributed by atoms with Crippen LogP contribution < -0.4 is 0 Å². The van der Waals surface area contributed by atoms with Crippen LogP contribution in [0.2, 0.25) is 0 Å². The number of likely N-dealkylation sites (tertiary alicyclic amines) is 1. The Kier molecular flexibility index (Phi) is 1.19. The lowest BCUT2D eigenvalue weighted by Crippen LogP contribution is -2.35. The summed E-state index contributed by atoms with van der Waals surface area (Å²) >= 11 is 0. The Hall–Kier alpha value is -1.06. The van der Waals surface area contributed by atoms with E-state index in [1.54, 1.807) is 0 Å². The Labute approximate surface area is 63.8 Å². The lowest BCUT2D eigenvalue weighted by molar-refractivity contribution is -0.131. The van der Waals surface area contributed by atoms with Gasteiger partial charge in [-0.3, -0.25) is 4.79 Å². The Morgan fingerprint density at radius 1 is 1.55 bits per heavy atom.